The van der Waals surface area contributed by atoms with Crippen LogP contribution >= 0.6 is 0 Å². The van der Waals surface area contributed by atoms with E-state index in [0.29, 0.717) is 0 Å². The van der Waals surface area contributed by atoms with Crippen LogP contribution in [0.2, 0.25) is 0 Å². The highest BCUT2D eigenvalue weighted by Gasteiger charge is 1.96. The van der Waals surface area contributed by atoms with Crippen molar-refractivity contribution in [2.24, 2.45) is 0 Å². The third-order valence-corrected chi connectivity index (χ3v) is 2.00. The van der Waals surface area contributed by atoms with Gasteiger partial charge >= 0.3 is 0 Å². The molecule has 0 bridgehead atoms. The quantitative estimate of drug-likeness (QED) is 0.683. The minimum Gasteiger partial charge on any atom is -0.264 e. The van der Waals surface area contributed by atoms with Crippen LogP contribution in [0.25, 0.3) is 6.08 Å². The van der Waals surface area contributed by atoms with Crippen molar-refractivity contribution in [2.75, 3.05) is 0 Å². The standard InChI is InChI=1S/C12H17N/c1-3-5-7-12-10-13-9-8-11(12)6-4-2/h5,7-10H,3-4,6H2,1-2H3/b7-5+. The molecule has 0 amide bonds. The van der Waals surface area contributed by atoms with E-state index in [2.05, 4.69) is 37.0 Å². The zero-order chi connectivity index (χ0) is 9.52. The Morgan fingerprint density at radius 1 is 1.38 bits per heavy atom. The summed E-state index contributed by atoms with van der Waals surface area (Å²) in [5, 5.41) is 0. The van der Waals surface area contributed by atoms with Gasteiger partial charge in [0.2, 0.25) is 0 Å². The van der Waals surface area contributed by atoms with Gasteiger partial charge in [-0.2, -0.15) is 0 Å². The number of hydrogen-bond donors (Lipinski definition) is 0. The van der Waals surface area contributed by atoms with Gasteiger partial charge in [0.05, 0.1) is 0 Å². The summed E-state index contributed by atoms with van der Waals surface area (Å²) in [5.74, 6) is 0. The average Bonchev–Trinajstić information content (AvgIpc) is 2.17. The lowest BCUT2D eigenvalue weighted by Gasteiger charge is -2.02. The van der Waals surface area contributed by atoms with Crippen molar-refractivity contribution in [2.45, 2.75) is 33.1 Å². The van der Waals surface area contributed by atoms with E-state index in [9.17, 15) is 0 Å². The van der Waals surface area contributed by atoms with Crippen molar-refractivity contribution in [1.82, 2.24) is 4.98 Å². The van der Waals surface area contributed by atoms with E-state index in [4.69, 9.17) is 0 Å². The molecule has 0 aromatic carbocycles. The molecular formula is C12H17N. The number of rotatable bonds is 4. The Morgan fingerprint density at radius 2 is 2.23 bits per heavy atom. The minimum absolute atomic E-state index is 1.08. The molecule has 0 aliphatic carbocycles. The first kappa shape index (κ1) is 9.97. The smallest absolute Gasteiger partial charge is 0.0342 e. The van der Waals surface area contributed by atoms with E-state index < -0.39 is 0 Å². The Labute approximate surface area is 80.5 Å². The van der Waals surface area contributed by atoms with E-state index in [1.54, 1.807) is 0 Å². The van der Waals surface area contributed by atoms with Crippen molar-refractivity contribution in [3.8, 4) is 0 Å². The first-order valence-corrected chi connectivity index (χ1v) is 4.98. The van der Waals surface area contributed by atoms with Crippen LogP contribution in [0.5, 0.6) is 0 Å². The molecule has 0 radical (unpaired) electrons. The summed E-state index contributed by atoms with van der Waals surface area (Å²) in [7, 11) is 0. The summed E-state index contributed by atoms with van der Waals surface area (Å²) in [6, 6.07) is 2.11. The molecule has 70 valence electrons. The van der Waals surface area contributed by atoms with Gasteiger partial charge in [-0.25, -0.2) is 0 Å². The maximum absolute atomic E-state index is 4.13. The van der Waals surface area contributed by atoms with Crippen molar-refractivity contribution < 1.29 is 0 Å². The van der Waals surface area contributed by atoms with Crippen molar-refractivity contribution in [3.05, 3.63) is 35.7 Å². The van der Waals surface area contributed by atoms with Gasteiger partial charge in [-0.05, 0) is 30.0 Å². The fraction of sp³-hybridized carbons (Fsp3) is 0.417. The average molecular weight is 175 g/mol. The van der Waals surface area contributed by atoms with Crippen LogP contribution in [-0.4, -0.2) is 4.98 Å². The topological polar surface area (TPSA) is 12.9 Å². The second kappa shape index (κ2) is 5.52. The second-order valence-corrected chi connectivity index (χ2v) is 3.14. The third-order valence-electron chi connectivity index (χ3n) is 2.00. The molecule has 1 heteroatoms. The Bertz CT molecular complexity index is 276. The number of aryl methyl sites for hydroxylation is 1. The van der Waals surface area contributed by atoms with Crippen LogP contribution < -0.4 is 0 Å². The SMILES string of the molecule is CC/C=C/c1cnccc1CCC. The fourth-order valence-electron chi connectivity index (χ4n) is 1.33. The summed E-state index contributed by atoms with van der Waals surface area (Å²) >= 11 is 0. The summed E-state index contributed by atoms with van der Waals surface area (Å²) < 4.78 is 0. The molecule has 1 rings (SSSR count). The molecule has 0 atom stereocenters. The minimum atomic E-state index is 1.08. The summed E-state index contributed by atoms with van der Waals surface area (Å²) in [6.07, 6.45) is 11.6. The number of hydrogen-bond acceptors (Lipinski definition) is 1. The lowest BCUT2D eigenvalue weighted by Crippen LogP contribution is -1.88. The highest BCUT2D eigenvalue weighted by Crippen LogP contribution is 2.11. The molecule has 0 spiro atoms. The van der Waals surface area contributed by atoms with E-state index in [1.807, 2.05) is 12.4 Å². The maximum atomic E-state index is 4.13. The molecule has 13 heavy (non-hydrogen) atoms. The van der Waals surface area contributed by atoms with Crippen LogP contribution in [0.1, 0.15) is 37.8 Å². The first-order chi connectivity index (χ1) is 6.38. The predicted octanol–water partition coefficient (Wildman–Crippen LogP) is 3.46. The molecule has 0 fully saturated rings. The zero-order valence-corrected chi connectivity index (χ0v) is 8.46. The van der Waals surface area contributed by atoms with Gasteiger partial charge in [-0.1, -0.05) is 32.4 Å². The Hall–Kier alpha value is -1.11. The van der Waals surface area contributed by atoms with Crippen LogP contribution in [-0.2, 0) is 6.42 Å². The molecule has 1 aromatic heterocycles. The summed E-state index contributed by atoms with van der Waals surface area (Å²) in [5.41, 5.74) is 2.67. The molecule has 0 saturated carbocycles. The molecular weight excluding hydrogens is 158 g/mol. The monoisotopic (exact) mass is 175 g/mol. The summed E-state index contributed by atoms with van der Waals surface area (Å²) in [4.78, 5) is 4.13. The van der Waals surface area contributed by atoms with Gasteiger partial charge in [-0.15, -0.1) is 0 Å². The molecule has 0 N–H and O–H groups in total. The van der Waals surface area contributed by atoms with Gasteiger partial charge in [0.25, 0.3) is 0 Å². The van der Waals surface area contributed by atoms with Crippen molar-refractivity contribution in [3.63, 3.8) is 0 Å². The van der Waals surface area contributed by atoms with Crippen LogP contribution in [0, 0.1) is 0 Å². The number of aromatic nitrogens is 1. The molecule has 0 aliphatic rings. The molecule has 1 nitrogen and oxygen atoms in total. The Morgan fingerprint density at radius 3 is 2.92 bits per heavy atom. The largest absolute Gasteiger partial charge is 0.264 e. The number of pyridine rings is 1. The number of allylic oxidation sites excluding steroid dienone is 1. The normalized spacial score (nSPS) is 10.9. The highest BCUT2D eigenvalue weighted by atomic mass is 14.6. The zero-order valence-electron chi connectivity index (χ0n) is 8.46. The van der Waals surface area contributed by atoms with Crippen LogP contribution in [0.4, 0.5) is 0 Å². The van der Waals surface area contributed by atoms with E-state index in [0.717, 1.165) is 12.8 Å². The molecule has 1 heterocycles. The molecule has 0 aliphatic heterocycles. The highest BCUT2D eigenvalue weighted by molar-refractivity contribution is 5.52. The van der Waals surface area contributed by atoms with Crippen molar-refractivity contribution >= 4 is 6.08 Å². The second-order valence-electron chi connectivity index (χ2n) is 3.14. The third kappa shape index (κ3) is 3.02. The Kier molecular flexibility index (Phi) is 4.24. The maximum Gasteiger partial charge on any atom is 0.0342 e. The van der Waals surface area contributed by atoms with E-state index >= 15 is 0 Å². The van der Waals surface area contributed by atoms with E-state index in [1.165, 1.54) is 17.5 Å². The number of nitrogens with zero attached hydrogens (tertiary/aromatic N) is 1. The Balaban J connectivity index is 2.84. The van der Waals surface area contributed by atoms with Gasteiger partial charge in [0.1, 0.15) is 0 Å². The molecule has 0 saturated heterocycles. The van der Waals surface area contributed by atoms with Gasteiger partial charge in [-0.3, -0.25) is 4.98 Å². The lowest BCUT2D eigenvalue weighted by atomic mass is 10.1. The van der Waals surface area contributed by atoms with Gasteiger partial charge in [0.15, 0.2) is 0 Å². The predicted molar refractivity (Wildman–Crippen MR) is 57.6 cm³/mol. The fourth-order valence-corrected chi connectivity index (χ4v) is 1.33. The molecule has 1 aromatic rings. The summed E-state index contributed by atoms with van der Waals surface area (Å²) in [6.45, 7) is 4.35. The van der Waals surface area contributed by atoms with E-state index in [-0.39, 0.29) is 0 Å². The van der Waals surface area contributed by atoms with Gasteiger partial charge in [0, 0.05) is 12.4 Å². The van der Waals surface area contributed by atoms with Gasteiger partial charge < -0.3 is 0 Å². The van der Waals surface area contributed by atoms with Crippen LogP contribution in [0.15, 0.2) is 24.5 Å². The lowest BCUT2D eigenvalue weighted by molar-refractivity contribution is 0.915. The first-order valence-electron chi connectivity index (χ1n) is 4.98. The molecule has 0 unspecified atom stereocenters. The van der Waals surface area contributed by atoms with Crippen molar-refractivity contribution in [1.29, 1.82) is 0 Å². The van der Waals surface area contributed by atoms with Crippen LogP contribution in [0.3, 0.4) is 0 Å².